The minimum atomic E-state index is 0.667. The Balaban J connectivity index is 1.60. The number of rotatable bonds is 8. The Morgan fingerprint density at radius 3 is 2.95 bits per heavy atom. The SMILES string of the molecule is CCCOc1ccc2c(ccn2CCNC(C)C2CC2)c1. The van der Waals surface area contributed by atoms with E-state index in [0.29, 0.717) is 6.04 Å². The van der Waals surface area contributed by atoms with Gasteiger partial charge in [-0.05, 0) is 56.4 Å². The third-order valence-corrected chi connectivity index (χ3v) is 4.36. The number of aromatic nitrogens is 1. The number of nitrogens with one attached hydrogen (secondary N) is 1. The molecule has 1 fully saturated rings. The van der Waals surface area contributed by atoms with Crippen LogP contribution in [0.5, 0.6) is 5.75 Å². The molecule has 1 aliphatic carbocycles. The van der Waals surface area contributed by atoms with Gasteiger partial charge in [-0.1, -0.05) is 6.92 Å². The van der Waals surface area contributed by atoms with Gasteiger partial charge in [0, 0.05) is 36.2 Å². The van der Waals surface area contributed by atoms with Crippen molar-refractivity contribution in [3.63, 3.8) is 0 Å². The summed E-state index contributed by atoms with van der Waals surface area (Å²) in [5.41, 5.74) is 1.29. The van der Waals surface area contributed by atoms with Gasteiger partial charge in [0.25, 0.3) is 0 Å². The zero-order chi connectivity index (χ0) is 14.7. The molecule has 3 heteroatoms. The van der Waals surface area contributed by atoms with Gasteiger partial charge in [-0.2, -0.15) is 0 Å². The first-order chi connectivity index (χ1) is 10.3. The number of nitrogens with zero attached hydrogens (tertiary/aromatic N) is 1. The van der Waals surface area contributed by atoms with Gasteiger partial charge in [0.15, 0.2) is 0 Å². The van der Waals surface area contributed by atoms with E-state index in [2.05, 4.69) is 54.2 Å². The van der Waals surface area contributed by atoms with E-state index in [0.717, 1.165) is 37.8 Å². The summed E-state index contributed by atoms with van der Waals surface area (Å²) in [6.45, 7) is 7.29. The minimum absolute atomic E-state index is 0.667. The second-order valence-electron chi connectivity index (χ2n) is 6.16. The monoisotopic (exact) mass is 286 g/mol. The molecule has 1 aromatic heterocycles. The summed E-state index contributed by atoms with van der Waals surface area (Å²) in [5.74, 6) is 1.90. The molecular formula is C18H26N2O. The van der Waals surface area contributed by atoms with Crippen molar-refractivity contribution in [3.05, 3.63) is 30.5 Å². The molecule has 0 amide bonds. The standard InChI is InChI=1S/C18H26N2O/c1-3-12-21-17-6-7-18-16(13-17)8-10-20(18)11-9-19-14(2)15-4-5-15/h6-8,10,13-15,19H,3-5,9,11-12H2,1-2H3. The summed E-state index contributed by atoms with van der Waals surface area (Å²) in [7, 11) is 0. The normalized spacial score (nSPS) is 16.3. The third-order valence-electron chi connectivity index (χ3n) is 4.36. The van der Waals surface area contributed by atoms with E-state index in [1.807, 2.05) is 0 Å². The lowest BCUT2D eigenvalue weighted by molar-refractivity contribution is 0.318. The first kappa shape index (κ1) is 14.5. The van der Waals surface area contributed by atoms with Crippen LogP contribution >= 0.6 is 0 Å². The van der Waals surface area contributed by atoms with Crippen molar-refractivity contribution in [1.82, 2.24) is 9.88 Å². The van der Waals surface area contributed by atoms with Gasteiger partial charge in [-0.15, -0.1) is 0 Å². The van der Waals surface area contributed by atoms with Crippen LogP contribution < -0.4 is 10.1 Å². The van der Waals surface area contributed by atoms with E-state index in [9.17, 15) is 0 Å². The van der Waals surface area contributed by atoms with E-state index in [1.54, 1.807) is 0 Å². The Hall–Kier alpha value is -1.48. The van der Waals surface area contributed by atoms with Gasteiger partial charge in [0.2, 0.25) is 0 Å². The fourth-order valence-corrected chi connectivity index (χ4v) is 2.86. The van der Waals surface area contributed by atoms with Crippen LogP contribution in [-0.2, 0) is 6.54 Å². The zero-order valence-electron chi connectivity index (χ0n) is 13.1. The zero-order valence-corrected chi connectivity index (χ0v) is 13.1. The highest BCUT2D eigenvalue weighted by molar-refractivity contribution is 5.81. The molecule has 1 N–H and O–H groups in total. The van der Waals surface area contributed by atoms with Crippen LogP contribution in [0, 0.1) is 5.92 Å². The number of ether oxygens (including phenoxy) is 1. The van der Waals surface area contributed by atoms with Crippen molar-refractivity contribution in [3.8, 4) is 5.75 Å². The largest absolute Gasteiger partial charge is 0.494 e. The average Bonchev–Trinajstić information content (AvgIpc) is 3.27. The molecule has 1 unspecified atom stereocenters. The molecule has 1 aliphatic rings. The van der Waals surface area contributed by atoms with Gasteiger partial charge in [0.05, 0.1) is 6.61 Å². The van der Waals surface area contributed by atoms with Crippen molar-refractivity contribution >= 4 is 10.9 Å². The van der Waals surface area contributed by atoms with Crippen LogP contribution in [0.25, 0.3) is 10.9 Å². The van der Waals surface area contributed by atoms with Crippen LogP contribution in [-0.4, -0.2) is 23.8 Å². The topological polar surface area (TPSA) is 26.2 Å². The van der Waals surface area contributed by atoms with Crippen LogP contribution in [0.2, 0.25) is 0 Å². The van der Waals surface area contributed by atoms with E-state index < -0.39 is 0 Å². The van der Waals surface area contributed by atoms with Crippen molar-refractivity contribution in [2.45, 2.75) is 45.7 Å². The molecule has 1 atom stereocenters. The molecule has 1 saturated carbocycles. The number of hydrogen-bond donors (Lipinski definition) is 1. The Morgan fingerprint density at radius 1 is 1.33 bits per heavy atom. The summed E-state index contributed by atoms with van der Waals surface area (Å²) in [4.78, 5) is 0. The minimum Gasteiger partial charge on any atom is -0.494 e. The summed E-state index contributed by atoms with van der Waals surface area (Å²) in [5, 5.41) is 4.90. The maximum Gasteiger partial charge on any atom is 0.120 e. The van der Waals surface area contributed by atoms with E-state index in [1.165, 1.54) is 23.7 Å². The predicted molar refractivity (Wildman–Crippen MR) is 87.9 cm³/mol. The maximum absolute atomic E-state index is 5.70. The summed E-state index contributed by atoms with van der Waals surface area (Å²) in [6, 6.07) is 9.24. The van der Waals surface area contributed by atoms with Crippen LogP contribution in [0.15, 0.2) is 30.5 Å². The lowest BCUT2D eigenvalue weighted by atomic mass is 10.2. The van der Waals surface area contributed by atoms with E-state index in [-0.39, 0.29) is 0 Å². The molecule has 0 radical (unpaired) electrons. The van der Waals surface area contributed by atoms with Crippen LogP contribution in [0.4, 0.5) is 0 Å². The molecule has 114 valence electrons. The summed E-state index contributed by atoms with van der Waals surface area (Å²) < 4.78 is 8.02. The molecule has 1 heterocycles. The van der Waals surface area contributed by atoms with Crippen molar-refractivity contribution < 1.29 is 4.74 Å². The Morgan fingerprint density at radius 2 is 2.19 bits per heavy atom. The first-order valence-corrected chi connectivity index (χ1v) is 8.23. The van der Waals surface area contributed by atoms with Crippen molar-refractivity contribution in [2.75, 3.05) is 13.2 Å². The third kappa shape index (κ3) is 3.59. The first-order valence-electron chi connectivity index (χ1n) is 8.23. The summed E-state index contributed by atoms with van der Waals surface area (Å²) >= 11 is 0. The molecule has 3 nitrogen and oxygen atoms in total. The van der Waals surface area contributed by atoms with Gasteiger partial charge >= 0.3 is 0 Å². The second kappa shape index (κ2) is 6.52. The number of fused-ring (bicyclic) bond motifs is 1. The van der Waals surface area contributed by atoms with Crippen molar-refractivity contribution in [1.29, 1.82) is 0 Å². The fraction of sp³-hybridized carbons (Fsp3) is 0.556. The molecule has 2 aromatic rings. The van der Waals surface area contributed by atoms with Gasteiger partial charge in [-0.3, -0.25) is 0 Å². The number of hydrogen-bond acceptors (Lipinski definition) is 2. The maximum atomic E-state index is 5.70. The quantitative estimate of drug-likeness (QED) is 0.798. The molecule has 1 aromatic carbocycles. The Labute approximate surface area is 127 Å². The predicted octanol–water partition coefficient (Wildman–Crippen LogP) is 3.82. The highest BCUT2D eigenvalue weighted by atomic mass is 16.5. The smallest absolute Gasteiger partial charge is 0.120 e. The molecule has 0 aliphatic heterocycles. The van der Waals surface area contributed by atoms with E-state index in [4.69, 9.17) is 4.74 Å². The molecule has 21 heavy (non-hydrogen) atoms. The molecule has 3 rings (SSSR count). The van der Waals surface area contributed by atoms with Gasteiger partial charge < -0.3 is 14.6 Å². The van der Waals surface area contributed by atoms with Crippen LogP contribution in [0.1, 0.15) is 33.1 Å². The van der Waals surface area contributed by atoms with Gasteiger partial charge in [0.1, 0.15) is 5.75 Å². The molecule has 0 spiro atoms. The molecule has 0 bridgehead atoms. The highest BCUT2D eigenvalue weighted by Gasteiger charge is 2.27. The van der Waals surface area contributed by atoms with Gasteiger partial charge in [-0.25, -0.2) is 0 Å². The lowest BCUT2D eigenvalue weighted by Crippen LogP contribution is -2.30. The lowest BCUT2D eigenvalue weighted by Gasteiger charge is -2.13. The molecular weight excluding hydrogens is 260 g/mol. The van der Waals surface area contributed by atoms with Crippen LogP contribution in [0.3, 0.4) is 0 Å². The second-order valence-corrected chi connectivity index (χ2v) is 6.16. The van der Waals surface area contributed by atoms with Crippen molar-refractivity contribution in [2.24, 2.45) is 5.92 Å². The fourth-order valence-electron chi connectivity index (χ4n) is 2.86. The number of benzene rings is 1. The molecule has 0 saturated heterocycles. The summed E-state index contributed by atoms with van der Waals surface area (Å²) in [6.07, 6.45) is 6.03. The van der Waals surface area contributed by atoms with E-state index >= 15 is 0 Å². The highest BCUT2D eigenvalue weighted by Crippen LogP contribution is 2.32. The Kier molecular flexibility index (Phi) is 4.49. The Bertz CT molecular complexity index is 586. The average molecular weight is 286 g/mol.